The molecule has 0 fully saturated rings. The zero-order valence-electron chi connectivity index (χ0n) is 9.99. The molecule has 0 atom stereocenters. The van der Waals surface area contributed by atoms with Crippen LogP contribution in [-0.4, -0.2) is 18.4 Å². The first-order valence-electron chi connectivity index (χ1n) is 5.28. The second kappa shape index (κ2) is 4.97. The van der Waals surface area contributed by atoms with Gasteiger partial charge in [0.15, 0.2) is 0 Å². The molecular formula is C12H17N3O2. The van der Waals surface area contributed by atoms with Gasteiger partial charge in [-0.05, 0) is 32.0 Å². The highest BCUT2D eigenvalue weighted by molar-refractivity contribution is 5.98. The van der Waals surface area contributed by atoms with Crippen LogP contribution in [0.15, 0.2) is 24.3 Å². The van der Waals surface area contributed by atoms with Gasteiger partial charge >= 0.3 is 0 Å². The molecule has 1 rings (SSSR count). The molecule has 0 aliphatic rings. The molecule has 0 unspecified atom stereocenters. The average molecular weight is 235 g/mol. The van der Waals surface area contributed by atoms with Gasteiger partial charge in [-0.15, -0.1) is 0 Å². The minimum Gasteiger partial charge on any atom is -0.366 e. The maximum Gasteiger partial charge on any atom is 0.248 e. The van der Waals surface area contributed by atoms with Crippen LogP contribution in [0.4, 0.5) is 5.69 Å². The van der Waals surface area contributed by atoms with Gasteiger partial charge in [-0.2, -0.15) is 0 Å². The van der Waals surface area contributed by atoms with E-state index < -0.39 is 11.3 Å². The lowest BCUT2D eigenvalue weighted by Gasteiger charge is -2.21. The minimum absolute atomic E-state index is 0.193. The number of anilines is 1. The van der Waals surface area contributed by atoms with Crippen molar-refractivity contribution in [2.45, 2.75) is 13.8 Å². The van der Waals surface area contributed by atoms with Crippen molar-refractivity contribution in [2.24, 2.45) is 16.9 Å². The van der Waals surface area contributed by atoms with Gasteiger partial charge in [-0.1, -0.05) is 6.07 Å². The molecule has 5 heteroatoms. The average Bonchev–Trinajstić information content (AvgIpc) is 2.29. The van der Waals surface area contributed by atoms with Crippen LogP contribution in [0.25, 0.3) is 0 Å². The number of carbonyl (C=O) groups excluding carboxylic acids is 2. The van der Waals surface area contributed by atoms with Crippen molar-refractivity contribution < 1.29 is 9.59 Å². The standard InChI is InChI=1S/C12H17N3O2/c1-12(2,7-13)11(17)15-9-5-3-4-8(6-9)10(14)16/h3-6H,7,13H2,1-2H3,(H2,14,16)(H,15,17). The van der Waals surface area contributed by atoms with Gasteiger partial charge in [-0.3, -0.25) is 9.59 Å². The number of amides is 2. The summed E-state index contributed by atoms with van der Waals surface area (Å²) in [5.41, 5.74) is 10.9. The molecular weight excluding hydrogens is 218 g/mol. The number of benzene rings is 1. The lowest BCUT2D eigenvalue weighted by atomic mass is 9.92. The number of carbonyl (C=O) groups is 2. The van der Waals surface area contributed by atoms with Crippen molar-refractivity contribution in [2.75, 3.05) is 11.9 Å². The number of primary amides is 1. The van der Waals surface area contributed by atoms with E-state index in [0.717, 1.165) is 0 Å². The number of nitrogens with one attached hydrogen (secondary N) is 1. The third-order valence-corrected chi connectivity index (χ3v) is 2.53. The summed E-state index contributed by atoms with van der Waals surface area (Å²) in [6.45, 7) is 3.74. The van der Waals surface area contributed by atoms with Crippen LogP contribution in [0.1, 0.15) is 24.2 Å². The predicted octanol–water partition coefficient (Wildman–Crippen LogP) is 0.709. The van der Waals surface area contributed by atoms with E-state index in [-0.39, 0.29) is 12.5 Å². The van der Waals surface area contributed by atoms with Crippen LogP contribution in [0.2, 0.25) is 0 Å². The zero-order chi connectivity index (χ0) is 13.1. The van der Waals surface area contributed by atoms with E-state index in [4.69, 9.17) is 11.5 Å². The molecule has 0 radical (unpaired) electrons. The van der Waals surface area contributed by atoms with Crippen LogP contribution in [0.5, 0.6) is 0 Å². The largest absolute Gasteiger partial charge is 0.366 e. The number of nitrogens with two attached hydrogens (primary N) is 2. The summed E-state index contributed by atoms with van der Waals surface area (Å²) in [7, 11) is 0. The maximum absolute atomic E-state index is 11.8. The summed E-state index contributed by atoms with van der Waals surface area (Å²) in [6, 6.07) is 6.47. The Morgan fingerprint density at radius 1 is 1.35 bits per heavy atom. The highest BCUT2D eigenvalue weighted by atomic mass is 16.2. The molecule has 1 aromatic carbocycles. The number of rotatable bonds is 4. The van der Waals surface area contributed by atoms with Gasteiger partial charge in [0, 0.05) is 17.8 Å². The Hall–Kier alpha value is -1.88. The number of hydrogen-bond acceptors (Lipinski definition) is 3. The third kappa shape index (κ3) is 3.29. The molecule has 0 saturated heterocycles. The molecule has 0 aromatic heterocycles. The fourth-order valence-electron chi connectivity index (χ4n) is 1.14. The van der Waals surface area contributed by atoms with Gasteiger partial charge in [0.1, 0.15) is 0 Å². The van der Waals surface area contributed by atoms with Gasteiger partial charge in [0.25, 0.3) is 0 Å². The lowest BCUT2D eigenvalue weighted by molar-refractivity contribution is -0.123. The Balaban J connectivity index is 2.86. The first-order chi connectivity index (χ1) is 7.86. The fraction of sp³-hybridized carbons (Fsp3) is 0.333. The molecule has 5 nitrogen and oxygen atoms in total. The van der Waals surface area contributed by atoms with Crippen LogP contribution < -0.4 is 16.8 Å². The summed E-state index contributed by atoms with van der Waals surface area (Å²) in [6.07, 6.45) is 0. The summed E-state index contributed by atoms with van der Waals surface area (Å²) in [5, 5.41) is 2.70. The molecule has 92 valence electrons. The number of hydrogen-bond donors (Lipinski definition) is 3. The lowest BCUT2D eigenvalue weighted by Crippen LogP contribution is -2.37. The second-order valence-electron chi connectivity index (χ2n) is 4.49. The molecule has 0 aliphatic carbocycles. The Bertz CT molecular complexity index is 441. The fourth-order valence-corrected chi connectivity index (χ4v) is 1.14. The van der Waals surface area contributed by atoms with Gasteiger partial charge < -0.3 is 16.8 Å². The van der Waals surface area contributed by atoms with E-state index in [1.54, 1.807) is 32.0 Å². The van der Waals surface area contributed by atoms with Crippen LogP contribution in [0, 0.1) is 5.41 Å². The first-order valence-corrected chi connectivity index (χ1v) is 5.28. The first kappa shape index (κ1) is 13.2. The molecule has 1 aromatic rings. The van der Waals surface area contributed by atoms with Gasteiger partial charge in [0.2, 0.25) is 11.8 Å². The summed E-state index contributed by atoms with van der Waals surface area (Å²) < 4.78 is 0. The van der Waals surface area contributed by atoms with Crippen molar-refractivity contribution in [3.63, 3.8) is 0 Å². The van der Waals surface area contributed by atoms with E-state index in [2.05, 4.69) is 5.32 Å². The quantitative estimate of drug-likeness (QED) is 0.716. The molecule has 0 bridgehead atoms. The van der Waals surface area contributed by atoms with E-state index >= 15 is 0 Å². The van der Waals surface area contributed by atoms with Crippen molar-refractivity contribution in [1.82, 2.24) is 0 Å². The maximum atomic E-state index is 11.8. The van der Waals surface area contributed by atoms with E-state index in [1.165, 1.54) is 6.07 Å². The highest BCUT2D eigenvalue weighted by Crippen LogP contribution is 2.17. The molecule has 2 amide bonds. The SMILES string of the molecule is CC(C)(CN)C(=O)Nc1cccc(C(N)=O)c1. The molecule has 0 saturated carbocycles. The highest BCUT2D eigenvalue weighted by Gasteiger charge is 2.25. The molecule has 0 spiro atoms. The van der Waals surface area contributed by atoms with E-state index in [9.17, 15) is 9.59 Å². The zero-order valence-corrected chi connectivity index (χ0v) is 9.99. The second-order valence-corrected chi connectivity index (χ2v) is 4.49. The molecule has 17 heavy (non-hydrogen) atoms. The van der Waals surface area contributed by atoms with Crippen LogP contribution in [-0.2, 0) is 4.79 Å². The molecule has 0 aliphatic heterocycles. The van der Waals surface area contributed by atoms with E-state index in [0.29, 0.717) is 11.3 Å². The Kier molecular flexibility index (Phi) is 3.85. The molecule has 5 N–H and O–H groups in total. The van der Waals surface area contributed by atoms with Crippen molar-refractivity contribution in [3.8, 4) is 0 Å². The summed E-state index contributed by atoms with van der Waals surface area (Å²) in [4.78, 5) is 22.8. The normalized spacial score (nSPS) is 11.0. The Labute approximate surface area is 100 Å². The van der Waals surface area contributed by atoms with Crippen molar-refractivity contribution in [1.29, 1.82) is 0 Å². The molecule has 0 heterocycles. The third-order valence-electron chi connectivity index (χ3n) is 2.53. The summed E-state index contributed by atoms with van der Waals surface area (Å²) >= 11 is 0. The smallest absolute Gasteiger partial charge is 0.248 e. The Morgan fingerprint density at radius 3 is 2.53 bits per heavy atom. The van der Waals surface area contributed by atoms with Crippen LogP contribution in [0.3, 0.4) is 0 Å². The van der Waals surface area contributed by atoms with Crippen LogP contribution >= 0.6 is 0 Å². The van der Waals surface area contributed by atoms with Gasteiger partial charge in [-0.25, -0.2) is 0 Å². The van der Waals surface area contributed by atoms with E-state index in [1.807, 2.05) is 0 Å². The Morgan fingerprint density at radius 2 is 2.00 bits per heavy atom. The topological polar surface area (TPSA) is 98.2 Å². The monoisotopic (exact) mass is 235 g/mol. The summed E-state index contributed by atoms with van der Waals surface area (Å²) in [5.74, 6) is -0.721. The predicted molar refractivity (Wildman–Crippen MR) is 66.4 cm³/mol. The van der Waals surface area contributed by atoms with Crippen molar-refractivity contribution in [3.05, 3.63) is 29.8 Å². The van der Waals surface area contributed by atoms with Crippen molar-refractivity contribution >= 4 is 17.5 Å². The minimum atomic E-state index is -0.650. The van der Waals surface area contributed by atoms with Gasteiger partial charge in [0.05, 0.1) is 5.41 Å².